The molecule has 2 aromatic carbocycles. The van der Waals surface area contributed by atoms with Crippen LogP contribution in [-0.4, -0.2) is 26.1 Å². The van der Waals surface area contributed by atoms with Crippen molar-refractivity contribution >= 4 is 17.3 Å². The first-order valence-electron chi connectivity index (χ1n) is 6.97. The highest BCUT2D eigenvalue weighted by Gasteiger charge is 2.09. The molecule has 4 heteroatoms. The molecule has 1 amide bonds. The summed E-state index contributed by atoms with van der Waals surface area (Å²) in [6.07, 6.45) is 0. The number of methoxy groups -OCH3 is 1. The summed E-state index contributed by atoms with van der Waals surface area (Å²) in [5, 5.41) is 2.89. The second-order valence-corrected chi connectivity index (χ2v) is 4.63. The molecule has 110 valence electrons. The van der Waals surface area contributed by atoms with E-state index in [0.29, 0.717) is 6.54 Å². The lowest BCUT2D eigenvalue weighted by Gasteiger charge is -2.22. The Morgan fingerprint density at radius 1 is 1.10 bits per heavy atom. The predicted octanol–water partition coefficient (Wildman–Crippen LogP) is 3.16. The largest absolute Gasteiger partial charge is 0.497 e. The second-order valence-electron chi connectivity index (χ2n) is 4.63. The highest BCUT2D eigenvalue weighted by molar-refractivity contribution is 5.94. The molecule has 4 nitrogen and oxygen atoms in total. The summed E-state index contributed by atoms with van der Waals surface area (Å²) in [6.45, 7) is 3.14. The topological polar surface area (TPSA) is 41.6 Å². The van der Waals surface area contributed by atoms with Crippen molar-refractivity contribution in [2.75, 3.05) is 30.4 Å². The van der Waals surface area contributed by atoms with Gasteiger partial charge in [-0.2, -0.15) is 0 Å². The maximum absolute atomic E-state index is 12.1. The molecule has 0 unspecified atom stereocenters. The maximum atomic E-state index is 12.1. The number of ether oxygens (including phenoxy) is 1. The van der Waals surface area contributed by atoms with Gasteiger partial charge in [-0.3, -0.25) is 4.79 Å². The smallest absolute Gasteiger partial charge is 0.243 e. The molecule has 2 rings (SSSR count). The van der Waals surface area contributed by atoms with Crippen molar-refractivity contribution in [1.29, 1.82) is 0 Å². The molecule has 0 fully saturated rings. The number of nitrogens with one attached hydrogen (secondary N) is 1. The summed E-state index contributed by atoms with van der Waals surface area (Å²) in [7, 11) is 1.62. The van der Waals surface area contributed by atoms with Crippen LogP contribution in [0.15, 0.2) is 54.6 Å². The van der Waals surface area contributed by atoms with Crippen molar-refractivity contribution in [3.8, 4) is 5.75 Å². The summed E-state index contributed by atoms with van der Waals surface area (Å²) >= 11 is 0. The zero-order chi connectivity index (χ0) is 15.1. The fraction of sp³-hybridized carbons (Fsp3) is 0.235. The molecule has 0 saturated carbocycles. The minimum absolute atomic E-state index is 0.0362. The van der Waals surface area contributed by atoms with Crippen molar-refractivity contribution in [3.05, 3.63) is 54.6 Å². The molecule has 0 aliphatic carbocycles. The van der Waals surface area contributed by atoms with Crippen molar-refractivity contribution in [2.45, 2.75) is 6.92 Å². The highest BCUT2D eigenvalue weighted by atomic mass is 16.5. The maximum Gasteiger partial charge on any atom is 0.243 e. The van der Waals surface area contributed by atoms with Crippen molar-refractivity contribution in [1.82, 2.24) is 0 Å². The third kappa shape index (κ3) is 4.24. The zero-order valence-corrected chi connectivity index (χ0v) is 12.4. The van der Waals surface area contributed by atoms with Gasteiger partial charge in [-0.25, -0.2) is 0 Å². The number of likely N-dealkylation sites (N-methyl/N-ethyl adjacent to an activating group) is 1. The van der Waals surface area contributed by atoms with E-state index in [1.165, 1.54) is 0 Å². The van der Waals surface area contributed by atoms with E-state index in [1.807, 2.05) is 66.4 Å². The highest BCUT2D eigenvalue weighted by Crippen LogP contribution is 2.16. The van der Waals surface area contributed by atoms with Gasteiger partial charge in [-0.05, 0) is 43.3 Å². The van der Waals surface area contributed by atoms with E-state index in [2.05, 4.69) is 5.32 Å². The monoisotopic (exact) mass is 284 g/mol. The molecule has 0 spiro atoms. The Bertz CT molecular complexity index is 567. The van der Waals surface area contributed by atoms with Crippen LogP contribution in [0.5, 0.6) is 5.75 Å². The third-order valence-corrected chi connectivity index (χ3v) is 3.21. The predicted molar refractivity (Wildman–Crippen MR) is 86.0 cm³/mol. The van der Waals surface area contributed by atoms with Crippen LogP contribution in [0.1, 0.15) is 6.92 Å². The third-order valence-electron chi connectivity index (χ3n) is 3.21. The van der Waals surface area contributed by atoms with Crippen molar-refractivity contribution < 1.29 is 9.53 Å². The molecule has 21 heavy (non-hydrogen) atoms. The van der Waals surface area contributed by atoms with Gasteiger partial charge in [-0.15, -0.1) is 0 Å². The number of amides is 1. The first-order valence-corrected chi connectivity index (χ1v) is 6.97. The fourth-order valence-electron chi connectivity index (χ4n) is 2.07. The Balaban J connectivity index is 1.96. The summed E-state index contributed by atoms with van der Waals surface area (Å²) in [5.41, 5.74) is 1.81. The molecule has 0 atom stereocenters. The molecule has 0 heterocycles. The molecular formula is C17H20N2O2. The van der Waals surface area contributed by atoms with Gasteiger partial charge in [0.25, 0.3) is 0 Å². The van der Waals surface area contributed by atoms with Gasteiger partial charge in [0.05, 0.1) is 13.7 Å². The van der Waals surface area contributed by atoms with Gasteiger partial charge in [0.15, 0.2) is 0 Å². The van der Waals surface area contributed by atoms with Crippen LogP contribution in [0.25, 0.3) is 0 Å². The van der Waals surface area contributed by atoms with Crippen molar-refractivity contribution in [3.63, 3.8) is 0 Å². The first kappa shape index (κ1) is 14.9. The minimum Gasteiger partial charge on any atom is -0.497 e. The first-order chi connectivity index (χ1) is 10.2. The van der Waals surface area contributed by atoms with E-state index in [1.54, 1.807) is 7.11 Å². The van der Waals surface area contributed by atoms with E-state index in [4.69, 9.17) is 4.74 Å². The quantitative estimate of drug-likeness (QED) is 0.886. The number of hydrogen-bond acceptors (Lipinski definition) is 3. The standard InChI is InChI=1S/C17H20N2O2/c1-3-19(15-7-5-4-6-8-15)13-17(20)18-14-9-11-16(21-2)12-10-14/h4-12H,3,13H2,1-2H3,(H,18,20). The van der Waals surface area contributed by atoms with Gasteiger partial charge in [0, 0.05) is 17.9 Å². The Labute approximate surface area is 125 Å². The SMILES string of the molecule is CCN(CC(=O)Nc1ccc(OC)cc1)c1ccccc1. The molecule has 2 aromatic rings. The molecule has 0 bridgehead atoms. The lowest BCUT2D eigenvalue weighted by atomic mass is 10.2. The number of hydrogen-bond donors (Lipinski definition) is 1. The number of carbonyl (C=O) groups excluding carboxylic acids is 1. The van der Waals surface area contributed by atoms with Crippen LogP contribution < -0.4 is 15.0 Å². The molecule has 0 aliphatic heterocycles. The molecule has 0 saturated heterocycles. The fourth-order valence-corrected chi connectivity index (χ4v) is 2.07. The van der Waals surface area contributed by atoms with Gasteiger partial charge in [0.2, 0.25) is 5.91 Å². The summed E-state index contributed by atoms with van der Waals surface area (Å²) < 4.78 is 5.09. The van der Waals surface area contributed by atoms with E-state index in [0.717, 1.165) is 23.7 Å². The van der Waals surface area contributed by atoms with E-state index >= 15 is 0 Å². The molecule has 0 aromatic heterocycles. The van der Waals surface area contributed by atoms with Crippen LogP contribution in [0.2, 0.25) is 0 Å². The van der Waals surface area contributed by atoms with E-state index in [9.17, 15) is 4.79 Å². The normalized spacial score (nSPS) is 10.0. The summed E-state index contributed by atoms with van der Waals surface area (Å²) in [4.78, 5) is 14.2. The molecule has 1 N–H and O–H groups in total. The number of carbonyl (C=O) groups is 1. The Hall–Kier alpha value is -2.49. The number of anilines is 2. The Morgan fingerprint density at radius 3 is 2.33 bits per heavy atom. The second kappa shape index (κ2) is 7.33. The van der Waals surface area contributed by atoms with E-state index < -0.39 is 0 Å². The van der Waals surface area contributed by atoms with Crippen LogP contribution in [0.4, 0.5) is 11.4 Å². The molecule has 0 radical (unpaired) electrons. The Morgan fingerprint density at radius 2 is 1.76 bits per heavy atom. The van der Waals surface area contributed by atoms with Crippen LogP contribution >= 0.6 is 0 Å². The van der Waals surface area contributed by atoms with Crippen LogP contribution in [-0.2, 0) is 4.79 Å². The number of benzene rings is 2. The van der Waals surface area contributed by atoms with Gasteiger partial charge >= 0.3 is 0 Å². The summed E-state index contributed by atoms with van der Waals surface area (Å²) in [5.74, 6) is 0.735. The minimum atomic E-state index is -0.0362. The van der Waals surface area contributed by atoms with Gasteiger partial charge < -0.3 is 15.0 Å². The average molecular weight is 284 g/mol. The zero-order valence-electron chi connectivity index (χ0n) is 12.4. The molecule has 0 aliphatic rings. The van der Waals surface area contributed by atoms with Crippen LogP contribution in [0, 0.1) is 0 Å². The lowest BCUT2D eigenvalue weighted by molar-refractivity contribution is -0.115. The van der Waals surface area contributed by atoms with Gasteiger partial charge in [0.1, 0.15) is 5.75 Å². The summed E-state index contributed by atoms with van der Waals surface area (Å²) in [6, 6.07) is 17.2. The number of para-hydroxylation sites is 1. The average Bonchev–Trinajstić information content (AvgIpc) is 2.54. The number of nitrogens with zero attached hydrogens (tertiary/aromatic N) is 1. The Kier molecular flexibility index (Phi) is 5.21. The van der Waals surface area contributed by atoms with Gasteiger partial charge in [-0.1, -0.05) is 18.2 Å². The van der Waals surface area contributed by atoms with Crippen LogP contribution in [0.3, 0.4) is 0 Å². The number of rotatable bonds is 6. The van der Waals surface area contributed by atoms with E-state index in [-0.39, 0.29) is 5.91 Å². The lowest BCUT2D eigenvalue weighted by Crippen LogP contribution is -2.33. The molecular weight excluding hydrogens is 264 g/mol. The van der Waals surface area contributed by atoms with Crippen molar-refractivity contribution in [2.24, 2.45) is 0 Å².